The van der Waals surface area contributed by atoms with Crippen molar-refractivity contribution < 1.29 is 0 Å². The molecule has 0 aliphatic carbocycles. The maximum absolute atomic E-state index is 5.06. The Balaban J connectivity index is 1.34. The molecule has 41 heavy (non-hydrogen) atoms. The van der Waals surface area contributed by atoms with Crippen LogP contribution in [0.5, 0.6) is 0 Å². The molecule has 0 unspecified atom stereocenters. The van der Waals surface area contributed by atoms with E-state index in [2.05, 4.69) is 103 Å². The summed E-state index contributed by atoms with van der Waals surface area (Å²) in [6, 6.07) is 45.8. The molecule has 0 atom stereocenters. The molecule has 0 spiro atoms. The van der Waals surface area contributed by atoms with Crippen molar-refractivity contribution in [3.63, 3.8) is 0 Å². The van der Waals surface area contributed by atoms with Crippen molar-refractivity contribution in [3.8, 4) is 45.4 Å². The summed E-state index contributed by atoms with van der Waals surface area (Å²) in [4.78, 5) is 20.0. The van der Waals surface area contributed by atoms with Crippen molar-refractivity contribution in [2.24, 2.45) is 0 Å². The van der Waals surface area contributed by atoms with E-state index in [4.69, 9.17) is 19.9 Å². The van der Waals surface area contributed by atoms with Crippen LogP contribution in [0.25, 0.3) is 76.5 Å². The molecule has 0 aliphatic heterocycles. The smallest absolute Gasteiger partial charge is 0.182 e. The normalized spacial score (nSPS) is 11.4. The molecule has 5 aromatic carbocycles. The summed E-state index contributed by atoms with van der Waals surface area (Å²) in [5.74, 6) is 1.82. The van der Waals surface area contributed by atoms with Crippen LogP contribution in [0.3, 0.4) is 0 Å². The maximum Gasteiger partial charge on any atom is 0.182 e. The predicted molar refractivity (Wildman–Crippen MR) is 170 cm³/mol. The minimum absolute atomic E-state index is 0.555. The summed E-state index contributed by atoms with van der Waals surface area (Å²) in [6.07, 6.45) is 0. The van der Waals surface area contributed by atoms with Gasteiger partial charge in [0, 0.05) is 36.7 Å². The molecule has 0 amide bonds. The molecule has 3 aromatic heterocycles. The van der Waals surface area contributed by atoms with Gasteiger partial charge in [-0.1, -0.05) is 109 Å². The van der Waals surface area contributed by atoms with Crippen molar-refractivity contribution in [2.75, 3.05) is 0 Å². The third-order valence-electron chi connectivity index (χ3n) is 7.36. The molecule has 4 nitrogen and oxygen atoms in total. The van der Waals surface area contributed by atoms with E-state index in [1.165, 1.54) is 25.7 Å². The van der Waals surface area contributed by atoms with Gasteiger partial charge in [-0.05, 0) is 35.4 Å². The average Bonchev–Trinajstić information content (AvgIpc) is 3.44. The topological polar surface area (TPSA) is 51.6 Å². The van der Waals surface area contributed by atoms with Gasteiger partial charge in [-0.2, -0.15) is 0 Å². The molecular formula is C36H22N4S. The van der Waals surface area contributed by atoms with Crippen LogP contribution in [-0.4, -0.2) is 19.9 Å². The number of hydrogen-bond donors (Lipinski definition) is 0. The summed E-state index contributed by atoms with van der Waals surface area (Å²) in [7, 11) is 0. The predicted octanol–water partition coefficient (Wildman–Crippen LogP) is 9.46. The van der Waals surface area contributed by atoms with Gasteiger partial charge in [0.05, 0.1) is 5.52 Å². The highest BCUT2D eigenvalue weighted by molar-refractivity contribution is 7.25. The van der Waals surface area contributed by atoms with Gasteiger partial charge in [0.1, 0.15) is 5.69 Å². The van der Waals surface area contributed by atoms with Gasteiger partial charge in [-0.25, -0.2) is 19.9 Å². The molecule has 0 bridgehead atoms. The van der Waals surface area contributed by atoms with E-state index in [0.29, 0.717) is 17.5 Å². The van der Waals surface area contributed by atoms with E-state index in [9.17, 15) is 0 Å². The summed E-state index contributed by atoms with van der Waals surface area (Å²) >= 11 is 1.79. The second-order valence-corrected chi connectivity index (χ2v) is 11.0. The van der Waals surface area contributed by atoms with E-state index in [0.717, 1.165) is 33.3 Å². The first-order chi connectivity index (χ1) is 20.3. The Bertz CT molecular complexity index is 2200. The molecule has 3 heterocycles. The quantitative estimate of drug-likeness (QED) is 0.222. The fourth-order valence-electron chi connectivity index (χ4n) is 5.33. The number of para-hydroxylation sites is 1. The molecular weight excluding hydrogens is 520 g/mol. The zero-order valence-corrected chi connectivity index (χ0v) is 22.7. The van der Waals surface area contributed by atoms with Crippen molar-refractivity contribution in [1.82, 2.24) is 19.9 Å². The van der Waals surface area contributed by atoms with Gasteiger partial charge >= 0.3 is 0 Å². The SMILES string of the molecule is c1ccc(-c2ccc(-c3nc(-c4ccc5ccccc5n4)nc(-c4cccc5sc6ccccc6c45)n3)cc2)cc1. The van der Waals surface area contributed by atoms with E-state index in [1.807, 2.05) is 30.3 Å². The molecule has 5 heteroatoms. The van der Waals surface area contributed by atoms with Gasteiger partial charge < -0.3 is 0 Å². The minimum Gasteiger partial charge on any atom is -0.244 e. The van der Waals surface area contributed by atoms with Gasteiger partial charge in [0.15, 0.2) is 17.5 Å². The summed E-state index contributed by atoms with van der Waals surface area (Å²) in [5.41, 5.74) is 5.87. The molecule has 192 valence electrons. The largest absolute Gasteiger partial charge is 0.244 e. The van der Waals surface area contributed by atoms with E-state index in [-0.39, 0.29) is 0 Å². The maximum atomic E-state index is 5.06. The Kier molecular flexibility index (Phi) is 5.61. The third kappa shape index (κ3) is 4.24. The average molecular weight is 543 g/mol. The number of fused-ring (bicyclic) bond motifs is 4. The Morgan fingerprint density at radius 1 is 0.415 bits per heavy atom. The Morgan fingerprint density at radius 3 is 2.00 bits per heavy atom. The van der Waals surface area contributed by atoms with E-state index in [1.54, 1.807) is 11.3 Å². The molecule has 8 aromatic rings. The number of nitrogens with zero attached hydrogens (tertiary/aromatic N) is 4. The van der Waals surface area contributed by atoms with E-state index < -0.39 is 0 Å². The first-order valence-corrected chi connectivity index (χ1v) is 14.3. The molecule has 0 N–H and O–H groups in total. The van der Waals surface area contributed by atoms with Crippen LogP contribution < -0.4 is 0 Å². The van der Waals surface area contributed by atoms with Crippen molar-refractivity contribution in [2.45, 2.75) is 0 Å². The fraction of sp³-hybridized carbons (Fsp3) is 0. The second kappa shape index (κ2) is 9.73. The third-order valence-corrected chi connectivity index (χ3v) is 8.49. The highest BCUT2D eigenvalue weighted by Crippen LogP contribution is 2.39. The van der Waals surface area contributed by atoms with Crippen molar-refractivity contribution >= 4 is 42.4 Å². The van der Waals surface area contributed by atoms with Crippen LogP contribution >= 0.6 is 11.3 Å². The molecule has 0 radical (unpaired) electrons. The molecule has 0 saturated carbocycles. The highest BCUT2D eigenvalue weighted by Gasteiger charge is 2.17. The molecule has 0 aliphatic rings. The van der Waals surface area contributed by atoms with Crippen LogP contribution in [0, 0.1) is 0 Å². The van der Waals surface area contributed by atoms with Crippen molar-refractivity contribution in [3.05, 3.63) is 133 Å². The van der Waals surface area contributed by atoms with Crippen molar-refractivity contribution in [1.29, 1.82) is 0 Å². The molecule has 8 rings (SSSR count). The van der Waals surface area contributed by atoms with Gasteiger partial charge in [0.25, 0.3) is 0 Å². The number of rotatable bonds is 4. The van der Waals surface area contributed by atoms with Crippen LogP contribution in [0.1, 0.15) is 0 Å². The first kappa shape index (κ1) is 23.6. The van der Waals surface area contributed by atoms with E-state index >= 15 is 0 Å². The summed E-state index contributed by atoms with van der Waals surface area (Å²) < 4.78 is 2.46. The number of aromatic nitrogens is 4. The number of hydrogen-bond acceptors (Lipinski definition) is 5. The summed E-state index contributed by atoms with van der Waals surface area (Å²) in [6.45, 7) is 0. The minimum atomic E-state index is 0.555. The van der Waals surface area contributed by atoms with Gasteiger partial charge in [-0.3, -0.25) is 0 Å². The van der Waals surface area contributed by atoms with Crippen LogP contribution in [0.2, 0.25) is 0 Å². The van der Waals surface area contributed by atoms with Crippen LogP contribution in [-0.2, 0) is 0 Å². The van der Waals surface area contributed by atoms with Crippen LogP contribution in [0.4, 0.5) is 0 Å². The lowest BCUT2D eigenvalue weighted by molar-refractivity contribution is 1.06. The lowest BCUT2D eigenvalue weighted by Gasteiger charge is -2.10. The highest BCUT2D eigenvalue weighted by atomic mass is 32.1. The molecule has 0 saturated heterocycles. The summed E-state index contributed by atoms with van der Waals surface area (Å²) in [5, 5.41) is 3.46. The lowest BCUT2D eigenvalue weighted by Crippen LogP contribution is -2.01. The zero-order chi connectivity index (χ0) is 27.2. The number of benzene rings is 5. The Labute approximate surface area is 240 Å². The van der Waals surface area contributed by atoms with Crippen LogP contribution in [0.15, 0.2) is 133 Å². The fourth-order valence-corrected chi connectivity index (χ4v) is 6.47. The van der Waals surface area contributed by atoms with Gasteiger partial charge in [0.2, 0.25) is 0 Å². The number of thiophene rings is 1. The second-order valence-electron chi connectivity index (χ2n) is 9.92. The monoisotopic (exact) mass is 542 g/mol. The Morgan fingerprint density at radius 2 is 1.10 bits per heavy atom. The number of pyridine rings is 1. The zero-order valence-electron chi connectivity index (χ0n) is 21.9. The van der Waals surface area contributed by atoms with Gasteiger partial charge in [-0.15, -0.1) is 11.3 Å². The first-order valence-electron chi connectivity index (χ1n) is 13.5. The lowest BCUT2D eigenvalue weighted by atomic mass is 10.0. The molecule has 0 fully saturated rings. The Hall–Kier alpha value is -5.26. The standard InChI is InChI=1S/C36H22N4S/c1-2-9-23(10-3-1)24-17-19-26(20-18-24)34-38-35(28-13-8-16-32-33(28)27-12-5-7-15-31(27)41-32)40-36(39-34)30-22-21-25-11-4-6-14-29(25)37-30/h1-22H.